The maximum Gasteiger partial charge on any atom is 0.407 e. The van der Waals surface area contributed by atoms with E-state index in [-0.39, 0.29) is 6.04 Å². The van der Waals surface area contributed by atoms with E-state index in [1.165, 1.54) is 11.9 Å². The molecule has 4 heteroatoms. The molecule has 0 saturated carbocycles. The highest BCUT2D eigenvalue weighted by Gasteiger charge is 2.12. The Morgan fingerprint density at radius 2 is 2.27 bits per heavy atom. The summed E-state index contributed by atoms with van der Waals surface area (Å²) in [6.45, 7) is 1.78. The molecule has 0 aliphatic carbocycles. The number of carbonyl (C=O) groups is 2. The van der Waals surface area contributed by atoms with E-state index in [9.17, 15) is 9.59 Å². The number of carboxylic acid groups (broad SMARTS) is 1. The molecule has 0 radical (unpaired) electrons. The highest BCUT2D eigenvalue weighted by Crippen LogP contribution is 2.02. The van der Waals surface area contributed by atoms with E-state index in [1.54, 1.807) is 6.92 Å². The van der Waals surface area contributed by atoms with E-state index in [4.69, 9.17) is 5.11 Å². The first-order chi connectivity index (χ1) is 5.09. The Labute approximate surface area is 65.8 Å². The normalized spacial score (nSPS) is 12.2. The van der Waals surface area contributed by atoms with E-state index in [0.29, 0.717) is 12.8 Å². The van der Waals surface area contributed by atoms with Gasteiger partial charge in [0.05, 0.1) is 0 Å². The molecular weight excluding hydrogens is 146 g/mol. The maximum absolute atomic E-state index is 10.3. The predicted molar refractivity (Wildman–Crippen MR) is 40.5 cm³/mol. The van der Waals surface area contributed by atoms with Crippen LogP contribution in [0.1, 0.15) is 19.8 Å². The molecule has 0 fully saturated rings. The van der Waals surface area contributed by atoms with Gasteiger partial charge in [-0.3, -0.25) is 0 Å². The lowest BCUT2D eigenvalue weighted by molar-refractivity contribution is -0.108. The Kier molecular flexibility index (Phi) is 4.26. The van der Waals surface area contributed by atoms with Crippen LogP contribution < -0.4 is 0 Å². The second-order valence-electron chi connectivity index (χ2n) is 2.49. The van der Waals surface area contributed by atoms with Crippen molar-refractivity contribution in [3.63, 3.8) is 0 Å². The van der Waals surface area contributed by atoms with Gasteiger partial charge in [0, 0.05) is 19.5 Å². The van der Waals surface area contributed by atoms with Crippen LogP contribution in [0.4, 0.5) is 4.79 Å². The van der Waals surface area contributed by atoms with Crippen LogP contribution in [-0.4, -0.2) is 35.5 Å². The summed E-state index contributed by atoms with van der Waals surface area (Å²) >= 11 is 0. The zero-order valence-corrected chi connectivity index (χ0v) is 6.78. The lowest BCUT2D eigenvalue weighted by atomic mass is 10.2. The molecule has 0 aliphatic heterocycles. The molecule has 1 amide bonds. The van der Waals surface area contributed by atoms with Gasteiger partial charge < -0.3 is 14.8 Å². The van der Waals surface area contributed by atoms with Gasteiger partial charge in [-0.15, -0.1) is 0 Å². The average molecular weight is 159 g/mol. The molecule has 1 unspecified atom stereocenters. The fourth-order valence-corrected chi connectivity index (χ4v) is 0.691. The fraction of sp³-hybridized carbons (Fsp3) is 0.714. The lowest BCUT2D eigenvalue weighted by Crippen LogP contribution is -2.33. The van der Waals surface area contributed by atoms with Crippen molar-refractivity contribution in [1.29, 1.82) is 0 Å². The predicted octanol–water partition coefficient (Wildman–Crippen LogP) is 0.964. The monoisotopic (exact) mass is 159 g/mol. The van der Waals surface area contributed by atoms with Gasteiger partial charge in [0.2, 0.25) is 0 Å². The number of carbonyl (C=O) groups excluding carboxylic acids is 1. The first-order valence-corrected chi connectivity index (χ1v) is 3.49. The summed E-state index contributed by atoms with van der Waals surface area (Å²) in [5.41, 5.74) is 0. The molecule has 0 spiro atoms. The second-order valence-corrected chi connectivity index (χ2v) is 2.49. The molecule has 0 aromatic heterocycles. The molecular formula is C7H13NO3. The number of amides is 1. The molecule has 0 rings (SSSR count). The summed E-state index contributed by atoms with van der Waals surface area (Å²) in [5, 5.41) is 8.49. The molecule has 11 heavy (non-hydrogen) atoms. The lowest BCUT2D eigenvalue weighted by Gasteiger charge is -2.20. The first-order valence-electron chi connectivity index (χ1n) is 3.49. The van der Waals surface area contributed by atoms with Crippen LogP contribution in [0.3, 0.4) is 0 Å². The van der Waals surface area contributed by atoms with Crippen molar-refractivity contribution in [2.75, 3.05) is 7.05 Å². The Bertz CT molecular complexity index is 147. The molecule has 64 valence electrons. The maximum atomic E-state index is 10.3. The number of hydrogen-bond donors (Lipinski definition) is 1. The van der Waals surface area contributed by atoms with Crippen LogP contribution >= 0.6 is 0 Å². The van der Waals surface area contributed by atoms with Gasteiger partial charge in [-0.25, -0.2) is 4.79 Å². The van der Waals surface area contributed by atoms with Gasteiger partial charge in [-0.05, 0) is 13.3 Å². The average Bonchev–Trinajstić information content (AvgIpc) is 1.98. The summed E-state index contributed by atoms with van der Waals surface area (Å²) in [5.74, 6) is 0. The molecule has 0 heterocycles. The van der Waals surface area contributed by atoms with Crippen LogP contribution in [0.15, 0.2) is 0 Å². The van der Waals surface area contributed by atoms with Gasteiger partial charge in [0.1, 0.15) is 6.29 Å². The minimum absolute atomic E-state index is 0.0855. The van der Waals surface area contributed by atoms with Crippen molar-refractivity contribution in [2.45, 2.75) is 25.8 Å². The van der Waals surface area contributed by atoms with E-state index in [2.05, 4.69) is 0 Å². The second kappa shape index (κ2) is 4.71. The highest BCUT2D eigenvalue weighted by molar-refractivity contribution is 5.64. The number of rotatable bonds is 4. The number of nitrogens with zero attached hydrogens (tertiary/aromatic N) is 1. The fourth-order valence-electron chi connectivity index (χ4n) is 0.691. The topological polar surface area (TPSA) is 57.6 Å². The van der Waals surface area contributed by atoms with Crippen molar-refractivity contribution in [3.8, 4) is 0 Å². The van der Waals surface area contributed by atoms with Crippen molar-refractivity contribution < 1.29 is 14.7 Å². The van der Waals surface area contributed by atoms with Crippen LogP contribution in [0.5, 0.6) is 0 Å². The molecule has 4 nitrogen and oxygen atoms in total. The first kappa shape index (κ1) is 9.94. The molecule has 0 saturated heterocycles. The SMILES string of the molecule is CC(CCC=O)N(C)C(=O)O. The number of hydrogen-bond acceptors (Lipinski definition) is 2. The molecule has 0 aromatic rings. The standard InChI is InChI=1S/C7H13NO3/c1-6(4-3-5-9)8(2)7(10)11/h5-6H,3-4H2,1-2H3,(H,10,11). The minimum atomic E-state index is -0.955. The van der Waals surface area contributed by atoms with Crippen molar-refractivity contribution >= 4 is 12.4 Å². The number of aldehydes is 1. The third-order valence-electron chi connectivity index (χ3n) is 1.67. The minimum Gasteiger partial charge on any atom is -0.465 e. The van der Waals surface area contributed by atoms with Crippen molar-refractivity contribution in [3.05, 3.63) is 0 Å². The highest BCUT2D eigenvalue weighted by atomic mass is 16.4. The summed E-state index contributed by atoms with van der Waals surface area (Å²) in [6.07, 6.45) is 0.848. The van der Waals surface area contributed by atoms with Crippen molar-refractivity contribution in [2.24, 2.45) is 0 Å². The summed E-state index contributed by atoms with van der Waals surface area (Å²) in [4.78, 5) is 21.5. The Morgan fingerprint density at radius 3 is 2.64 bits per heavy atom. The molecule has 0 bridgehead atoms. The summed E-state index contributed by atoms with van der Waals surface area (Å²) in [7, 11) is 1.50. The molecule has 0 aromatic carbocycles. The third kappa shape index (κ3) is 3.60. The van der Waals surface area contributed by atoms with E-state index in [0.717, 1.165) is 6.29 Å². The van der Waals surface area contributed by atoms with E-state index >= 15 is 0 Å². The van der Waals surface area contributed by atoms with Crippen molar-refractivity contribution in [1.82, 2.24) is 4.90 Å². The van der Waals surface area contributed by atoms with Crippen LogP contribution in [-0.2, 0) is 4.79 Å². The Hall–Kier alpha value is -1.06. The van der Waals surface area contributed by atoms with Crippen LogP contribution in [0, 0.1) is 0 Å². The largest absolute Gasteiger partial charge is 0.465 e. The summed E-state index contributed by atoms with van der Waals surface area (Å²) < 4.78 is 0. The quantitative estimate of drug-likeness (QED) is 0.621. The van der Waals surface area contributed by atoms with Gasteiger partial charge >= 0.3 is 6.09 Å². The van der Waals surface area contributed by atoms with Gasteiger partial charge in [-0.1, -0.05) is 0 Å². The summed E-state index contributed by atoms with van der Waals surface area (Å²) in [6, 6.07) is -0.0855. The zero-order chi connectivity index (χ0) is 8.85. The molecule has 1 atom stereocenters. The van der Waals surface area contributed by atoms with Crippen LogP contribution in [0.2, 0.25) is 0 Å². The van der Waals surface area contributed by atoms with Crippen LogP contribution in [0.25, 0.3) is 0 Å². The van der Waals surface area contributed by atoms with Gasteiger partial charge in [0.25, 0.3) is 0 Å². The smallest absolute Gasteiger partial charge is 0.407 e. The Morgan fingerprint density at radius 1 is 1.73 bits per heavy atom. The van der Waals surface area contributed by atoms with E-state index in [1.807, 2.05) is 0 Å². The van der Waals surface area contributed by atoms with E-state index < -0.39 is 6.09 Å². The third-order valence-corrected chi connectivity index (χ3v) is 1.67. The zero-order valence-electron chi connectivity index (χ0n) is 6.78. The molecule has 0 aliphatic rings. The molecule has 1 N–H and O–H groups in total. The van der Waals surface area contributed by atoms with Gasteiger partial charge in [-0.2, -0.15) is 0 Å². The Balaban J connectivity index is 3.72. The van der Waals surface area contributed by atoms with Gasteiger partial charge in [0.15, 0.2) is 0 Å².